The van der Waals surface area contributed by atoms with Crippen LogP contribution in [-0.2, 0) is 14.4 Å². The van der Waals surface area contributed by atoms with Gasteiger partial charge in [0.05, 0.1) is 11.4 Å². The molecule has 0 unspecified atom stereocenters. The fourth-order valence-electron chi connectivity index (χ4n) is 4.90. The highest BCUT2D eigenvalue weighted by Gasteiger charge is 2.42. The van der Waals surface area contributed by atoms with Crippen molar-refractivity contribution in [2.45, 2.75) is 19.3 Å². The molecule has 0 radical (unpaired) electrons. The number of rotatable bonds is 5. The Labute approximate surface area is 238 Å². The minimum absolute atomic E-state index is 0.00780. The molecule has 0 spiro atoms. The van der Waals surface area contributed by atoms with Crippen LogP contribution in [0.4, 0.5) is 14.5 Å². The smallest absolute Gasteiger partial charge is 0.323 e. The molecule has 9 nitrogen and oxygen atoms in total. The number of benzene rings is 2. The summed E-state index contributed by atoms with van der Waals surface area (Å²) >= 11 is 1.19. The second-order valence-corrected chi connectivity index (χ2v) is 10.8. The van der Waals surface area contributed by atoms with Crippen molar-refractivity contribution < 1.29 is 33.1 Å². The van der Waals surface area contributed by atoms with Crippen molar-refractivity contribution in [2.75, 3.05) is 37.6 Å². The molecular formula is C29H26F2N4O5S. The first-order valence-corrected chi connectivity index (χ1v) is 13.7. The number of carbonyl (C=O) groups is 4. The van der Waals surface area contributed by atoms with Gasteiger partial charge in [-0.1, -0.05) is 48.5 Å². The molecule has 1 fully saturated rings. The summed E-state index contributed by atoms with van der Waals surface area (Å²) in [5.74, 6) is -6.46. The monoisotopic (exact) mass is 580 g/mol. The Hall–Kier alpha value is -4.45. The predicted octanol–water partition coefficient (Wildman–Crippen LogP) is 3.94. The van der Waals surface area contributed by atoms with Gasteiger partial charge >= 0.3 is 5.97 Å². The van der Waals surface area contributed by atoms with Crippen molar-refractivity contribution in [3.63, 3.8) is 0 Å². The van der Waals surface area contributed by atoms with Gasteiger partial charge < -0.3 is 19.8 Å². The number of aliphatic carboxylic acids is 1. The number of nitrogens with zero attached hydrogens (tertiary/aromatic N) is 4. The number of hydrogen-bond donors (Lipinski definition) is 1. The third-order valence-corrected chi connectivity index (χ3v) is 8.20. The summed E-state index contributed by atoms with van der Waals surface area (Å²) in [7, 11) is 0. The number of hydrogen-bond acceptors (Lipinski definition) is 6. The topological polar surface area (TPSA) is 111 Å². The molecule has 2 aliphatic rings. The number of para-hydroxylation sites is 1. The van der Waals surface area contributed by atoms with Gasteiger partial charge in [-0.25, -0.2) is 13.8 Å². The van der Waals surface area contributed by atoms with Crippen molar-refractivity contribution in [1.29, 1.82) is 0 Å². The lowest BCUT2D eigenvalue weighted by atomic mass is 9.96. The highest BCUT2D eigenvalue weighted by atomic mass is 32.1. The maximum absolute atomic E-state index is 15.6. The number of fused-ring (bicyclic) bond motifs is 1. The van der Waals surface area contributed by atoms with Gasteiger partial charge in [-0.2, -0.15) is 0 Å². The lowest BCUT2D eigenvalue weighted by Crippen LogP contribution is -2.53. The number of alkyl halides is 2. The van der Waals surface area contributed by atoms with Gasteiger partial charge in [0.1, 0.15) is 23.0 Å². The van der Waals surface area contributed by atoms with Crippen molar-refractivity contribution in [1.82, 2.24) is 14.8 Å². The molecule has 0 aliphatic carbocycles. The number of thiazole rings is 1. The third-order valence-electron chi connectivity index (χ3n) is 7.01. The van der Waals surface area contributed by atoms with Crippen LogP contribution in [0.15, 0.2) is 60.7 Å². The van der Waals surface area contributed by atoms with Crippen LogP contribution in [-0.4, -0.2) is 82.2 Å². The highest BCUT2D eigenvalue weighted by Crippen LogP contribution is 2.44. The van der Waals surface area contributed by atoms with Crippen LogP contribution >= 0.6 is 11.3 Å². The number of amides is 3. The fourth-order valence-corrected chi connectivity index (χ4v) is 5.92. The Kier molecular flexibility index (Phi) is 7.68. The Balaban J connectivity index is 1.46. The van der Waals surface area contributed by atoms with E-state index in [2.05, 4.69) is 4.98 Å². The number of halogens is 2. The molecule has 3 heterocycles. The molecule has 3 amide bonds. The number of anilines is 1. The lowest BCUT2D eigenvalue weighted by molar-refractivity contribution is -0.149. The lowest BCUT2D eigenvalue weighted by Gasteiger charge is -2.33. The van der Waals surface area contributed by atoms with E-state index < -0.39 is 54.7 Å². The molecule has 2 aromatic carbocycles. The van der Waals surface area contributed by atoms with Crippen LogP contribution in [0, 0.1) is 6.92 Å². The number of carboxylic acid groups (broad SMARTS) is 1. The Morgan fingerprint density at radius 1 is 1.05 bits per heavy atom. The summed E-state index contributed by atoms with van der Waals surface area (Å²) in [4.78, 5) is 58.6. The normalized spacial score (nSPS) is 17.8. The Bertz CT molecular complexity index is 1560. The SMILES string of the molecule is Cc1nc(-c2ccccc2)sc1C(=O)N1CCC(F)(F)C(=CC(=O)N2CCN(CC(=O)O)C(=O)C2)c2ccccc21. The van der Waals surface area contributed by atoms with Gasteiger partial charge in [-0.3, -0.25) is 19.2 Å². The van der Waals surface area contributed by atoms with Gasteiger partial charge in [0, 0.05) is 48.8 Å². The summed E-state index contributed by atoms with van der Waals surface area (Å²) in [5, 5.41) is 9.60. The van der Waals surface area contributed by atoms with Gasteiger partial charge in [-0.05, 0) is 13.0 Å². The van der Waals surface area contributed by atoms with Gasteiger partial charge in [0.2, 0.25) is 11.8 Å². The fraction of sp³-hybridized carbons (Fsp3) is 0.276. The van der Waals surface area contributed by atoms with Crippen LogP contribution < -0.4 is 4.90 Å². The third kappa shape index (κ3) is 5.73. The van der Waals surface area contributed by atoms with Crippen LogP contribution in [0.25, 0.3) is 16.1 Å². The average Bonchev–Trinajstić information content (AvgIpc) is 3.30. The number of aromatic nitrogens is 1. The number of aryl methyl sites for hydroxylation is 1. The molecule has 0 saturated carbocycles. The van der Waals surface area contributed by atoms with E-state index in [0.717, 1.165) is 21.4 Å². The summed E-state index contributed by atoms with van der Waals surface area (Å²) in [5.41, 5.74) is 1.07. The van der Waals surface area contributed by atoms with Crippen LogP contribution in [0.2, 0.25) is 0 Å². The van der Waals surface area contributed by atoms with Crippen LogP contribution in [0.1, 0.15) is 27.3 Å². The van der Waals surface area contributed by atoms with E-state index in [-0.39, 0.29) is 30.9 Å². The van der Waals surface area contributed by atoms with Crippen molar-refractivity contribution in [3.05, 3.63) is 76.8 Å². The number of carboxylic acids is 1. The summed E-state index contributed by atoms with van der Waals surface area (Å²) < 4.78 is 31.3. The molecule has 1 N–H and O–H groups in total. The number of allylic oxidation sites excluding steroid dienone is 1. The largest absolute Gasteiger partial charge is 0.480 e. The van der Waals surface area contributed by atoms with Crippen molar-refractivity contribution in [2.24, 2.45) is 0 Å². The number of piperazine rings is 1. The first-order chi connectivity index (χ1) is 19.5. The summed E-state index contributed by atoms with van der Waals surface area (Å²) in [6.45, 7) is 0.489. The number of carbonyl (C=O) groups excluding carboxylic acids is 3. The van der Waals surface area contributed by atoms with E-state index in [1.165, 1.54) is 22.3 Å². The van der Waals surface area contributed by atoms with E-state index >= 15 is 8.78 Å². The molecule has 3 aromatic rings. The predicted molar refractivity (Wildman–Crippen MR) is 149 cm³/mol. The maximum Gasteiger partial charge on any atom is 0.323 e. The van der Waals surface area contributed by atoms with Gasteiger partial charge in [-0.15, -0.1) is 11.3 Å². The van der Waals surface area contributed by atoms with Gasteiger partial charge in [0.25, 0.3) is 11.8 Å². The molecule has 2 aliphatic heterocycles. The quantitative estimate of drug-likeness (QED) is 0.458. The molecule has 212 valence electrons. The zero-order valence-corrected chi connectivity index (χ0v) is 22.9. The maximum atomic E-state index is 15.6. The molecule has 5 rings (SSSR count). The van der Waals surface area contributed by atoms with E-state index in [1.807, 2.05) is 30.3 Å². The molecular weight excluding hydrogens is 554 g/mol. The first-order valence-electron chi connectivity index (χ1n) is 12.9. The Morgan fingerprint density at radius 3 is 2.46 bits per heavy atom. The minimum atomic E-state index is -3.45. The summed E-state index contributed by atoms with van der Waals surface area (Å²) in [6, 6.07) is 15.6. The highest BCUT2D eigenvalue weighted by molar-refractivity contribution is 7.17. The molecule has 41 heavy (non-hydrogen) atoms. The Morgan fingerprint density at radius 2 is 1.76 bits per heavy atom. The second kappa shape index (κ2) is 11.2. The van der Waals surface area contributed by atoms with Crippen LogP contribution in [0.3, 0.4) is 0 Å². The van der Waals surface area contributed by atoms with E-state index in [9.17, 15) is 19.2 Å². The van der Waals surface area contributed by atoms with E-state index in [1.54, 1.807) is 25.1 Å². The minimum Gasteiger partial charge on any atom is -0.480 e. The van der Waals surface area contributed by atoms with Gasteiger partial charge in [0.15, 0.2) is 0 Å². The average molecular weight is 581 g/mol. The first kappa shape index (κ1) is 28.1. The molecule has 1 saturated heterocycles. The molecule has 0 bridgehead atoms. The standard InChI is InChI=1S/C29H26F2N4O5S/c1-18-26(41-27(32-18)19-7-3-2-4-8-19)28(40)35-12-11-29(30,31)21(20-9-5-6-10-22(20)35)15-23(36)33-13-14-34(17-25(38)39)24(37)16-33/h2-10,15H,11-14,16-17H2,1H3,(H,38,39). The van der Waals surface area contributed by atoms with E-state index in [0.29, 0.717) is 15.6 Å². The molecule has 1 aromatic heterocycles. The zero-order chi connectivity index (χ0) is 29.3. The van der Waals surface area contributed by atoms with Crippen LogP contribution in [0.5, 0.6) is 0 Å². The van der Waals surface area contributed by atoms with Crippen molar-refractivity contribution >= 4 is 46.3 Å². The molecule has 0 atom stereocenters. The summed E-state index contributed by atoms with van der Waals surface area (Å²) in [6.07, 6.45) is 0.111. The second-order valence-electron chi connectivity index (χ2n) is 9.75. The van der Waals surface area contributed by atoms with Crippen molar-refractivity contribution in [3.8, 4) is 10.6 Å². The zero-order valence-electron chi connectivity index (χ0n) is 22.0. The van der Waals surface area contributed by atoms with E-state index in [4.69, 9.17) is 5.11 Å². The molecule has 12 heteroatoms.